The van der Waals surface area contributed by atoms with Crippen LogP contribution in [0.2, 0.25) is 0 Å². The first-order valence-electron chi connectivity index (χ1n) is 9.61. The summed E-state index contributed by atoms with van der Waals surface area (Å²) in [4.78, 5) is 15.1. The summed E-state index contributed by atoms with van der Waals surface area (Å²) in [5.74, 6) is 1.14. The van der Waals surface area contributed by atoms with Gasteiger partial charge in [-0.05, 0) is 74.7 Å². The molecule has 1 fully saturated rings. The number of amides is 1. The number of carbonyl (C=O) groups is 1. The van der Waals surface area contributed by atoms with E-state index >= 15 is 0 Å². The normalized spacial score (nSPS) is 17.9. The fourth-order valence-electron chi connectivity index (χ4n) is 3.74. The fraction of sp³-hybridized carbons (Fsp3) is 0.500. The first-order chi connectivity index (χ1) is 13.4. The highest BCUT2D eigenvalue weighted by Gasteiger charge is 2.36. The number of hydrogen-bond donors (Lipinski definition) is 0. The van der Waals surface area contributed by atoms with Gasteiger partial charge < -0.3 is 9.64 Å². The third-order valence-electron chi connectivity index (χ3n) is 5.02. The van der Waals surface area contributed by atoms with Crippen LogP contribution in [0.15, 0.2) is 29.4 Å². The van der Waals surface area contributed by atoms with Crippen LogP contribution in [0.1, 0.15) is 52.1 Å². The average molecular weight is 400 g/mol. The topological polar surface area (TPSA) is 73.1 Å². The minimum absolute atomic E-state index is 0.0366. The van der Waals surface area contributed by atoms with Gasteiger partial charge in [-0.1, -0.05) is 17.8 Å². The number of fused-ring (bicyclic) bond motifs is 1. The van der Waals surface area contributed by atoms with Crippen LogP contribution in [0.5, 0.6) is 5.75 Å². The third-order valence-corrected chi connectivity index (χ3v) is 5.94. The van der Waals surface area contributed by atoms with Gasteiger partial charge in [0, 0.05) is 5.56 Å². The molecule has 7 nitrogen and oxygen atoms in total. The molecule has 0 saturated heterocycles. The first kappa shape index (κ1) is 19.0. The molecule has 1 amide bonds. The number of nitrogens with zero attached hydrogens (tertiary/aromatic N) is 5. The lowest BCUT2D eigenvalue weighted by atomic mass is 9.88. The number of carbonyl (C=O) groups excluding carboxylic acids is 1. The van der Waals surface area contributed by atoms with E-state index in [-0.39, 0.29) is 11.7 Å². The van der Waals surface area contributed by atoms with E-state index in [9.17, 15) is 4.79 Å². The van der Waals surface area contributed by atoms with Gasteiger partial charge in [0.2, 0.25) is 11.1 Å². The Morgan fingerprint density at radius 1 is 1.36 bits per heavy atom. The van der Waals surface area contributed by atoms with E-state index in [0.717, 1.165) is 35.4 Å². The van der Waals surface area contributed by atoms with E-state index < -0.39 is 5.54 Å². The Bertz CT molecular complexity index is 932. The van der Waals surface area contributed by atoms with Gasteiger partial charge in [0.25, 0.3) is 0 Å². The van der Waals surface area contributed by atoms with E-state index in [1.807, 2.05) is 34.7 Å². The molecular formula is C20H25N5O2S. The molecule has 1 aliphatic carbocycles. The molecule has 0 bridgehead atoms. The molecule has 1 aromatic heterocycles. The van der Waals surface area contributed by atoms with Crippen molar-refractivity contribution < 1.29 is 9.53 Å². The summed E-state index contributed by atoms with van der Waals surface area (Å²) in [5, 5.41) is 12.6. The Morgan fingerprint density at radius 3 is 2.86 bits per heavy atom. The lowest BCUT2D eigenvalue weighted by Crippen LogP contribution is -2.49. The van der Waals surface area contributed by atoms with Gasteiger partial charge in [0.15, 0.2) is 0 Å². The molecule has 148 valence electrons. The van der Waals surface area contributed by atoms with E-state index in [2.05, 4.69) is 42.4 Å². The summed E-state index contributed by atoms with van der Waals surface area (Å²) in [7, 11) is 0. The van der Waals surface area contributed by atoms with Gasteiger partial charge >= 0.3 is 0 Å². The number of tetrazole rings is 1. The Morgan fingerprint density at radius 2 is 2.14 bits per heavy atom. The molecule has 4 rings (SSSR count). The molecule has 0 N–H and O–H groups in total. The van der Waals surface area contributed by atoms with Crippen molar-refractivity contribution in [3.63, 3.8) is 0 Å². The zero-order valence-corrected chi connectivity index (χ0v) is 17.5. The third kappa shape index (κ3) is 3.53. The predicted octanol–water partition coefficient (Wildman–Crippen LogP) is 3.73. The van der Waals surface area contributed by atoms with E-state index in [1.165, 1.54) is 11.8 Å². The van der Waals surface area contributed by atoms with Gasteiger partial charge in [-0.15, -0.1) is 5.10 Å². The van der Waals surface area contributed by atoms with Crippen LogP contribution in [-0.4, -0.2) is 44.0 Å². The predicted molar refractivity (Wildman–Crippen MR) is 110 cm³/mol. The van der Waals surface area contributed by atoms with Crippen LogP contribution in [-0.2, 0) is 4.79 Å². The van der Waals surface area contributed by atoms with Gasteiger partial charge in [-0.2, -0.15) is 0 Å². The molecule has 1 aromatic carbocycles. The number of ether oxygens (including phenoxy) is 1. The fourth-order valence-corrected chi connectivity index (χ4v) is 4.53. The second-order valence-electron chi connectivity index (χ2n) is 7.75. The van der Waals surface area contributed by atoms with Crippen molar-refractivity contribution in [2.24, 2.45) is 0 Å². The van der Waals surface area contributed by atoms with Gasteiger partial charge in [0.1, 0.15) is 5.75 Å². The van der Waals surface area contributed by atoms with Crippen LogP contribution in [0, 0.1) is 0 Å². The zero-order valence-electron chi connectivity index (χ0n) is 16.7. The Labute approximate surface area is 169 Å². The quantitative estimate of drug-likeness (QED) is 0.689. The molecule has 8 heteroatoms. The Balaban J connectivity index is 1.58. The van der Waals surface area contributed by atoms with Crippen molar-refractivity contribution >= 4 is 28.9 Å². The van der Waals surface area contributed by atoms with Crippen molar-refractivity contribution in [3.05, 3.63) is 29.8 Å². The number of benzene rings is 1. The molecular weight excluding hydrogens is 374 g/mol. The minimum Gasteiger partial charge on any atom is -0.494 e. The van der Waals surface area contributed by atoms with Gasteiger partial charge in [0.05, 0.1) is 29.6 Å². The van der Waals surface area contributed by atoms with Crippen LogP contribution in [0.4, 0.5) is 5.69 Å². The summed E-state index contributed by atoms with van der Waals surface area (Å²) >= 11 is 1.40. The van der Waals surface area contributed by atoms with Crippen molar-refractivity contribution in [1.29, 1.82) is 0 Å². The van der Waals surface area contributed by atoms with Crippen molar-refractivity contribution in [2.45, 2.75) is 57.3 Å². The molecule has 2 aliphatic rings. The number of aromatic nitrogens is 4. The monoisotopic (exact) mass is 399 g/mol. The average Bonchev–Trinajstić information content (AvgIpc) is 3.38. The standard InChI is InChI=1S/C20H25N5O2S/c1-5-27-15-8-9-17-16(10-15)13(2)11-20(3,4)24(17)18(26)12-28-19-21-22-23-25(19)14-6-7-14/h8-11,14H,5-7,12H2,1-4H3. The number of hydrogen-bond acceptors (Lipinski definition) is 6. The van der Waals surface area contributed by atoms with Crippen LogP contribution in [0.25, 0.3) is 5.57 Å². The van der Waals surface area contributed by atoms with Crippen molar-refractivity contribution in [3.8, 4) is 5.75 Å². The smallest absolute Gasteiger partial charge is 0.238 e. The number of allylic oxidation sites excluding steroid dienone is 1. The van der Waals surface area contributed by atoms with Crippen LogP contribution in [0.3, 0.4) is 0 Å². The second kappa shape index (κ2) is 7.24. The highest BCUT2D eigenvalue weighted by atomic mass is 32.2. The summed E-state index contributed by atoms with van der Waals surface area (Å²) in [6.45, 7) is 8.78. The molecule has 1 aliphatic heterocycles. The van der Waals surface area contributed by atoms with E-state index in [4.69, 9.17) is 4.74 Å². The largest absolute Gasteiger partial charge is 0.494 e. The van der Waals surface area contributed by atoms with Gasteiger partial charge in [-0.25, -0.2) is 4.68 Å². The molecule has 2 aromatic rings. The molecule has 0 unspecified atom stereocenters. The molecule has 2 heterocycles. The van der Waals surface area contributed by atoms with E-state index in [0.29, 0.717) is 17.8 Å². The maximum atomic E-state index is 13.3. The Hall–Kier alpha value is -2.35. The number of thioether (sulfide) groups is 1. The summed E-state index contributed by atoms with van der Waals surface area (Å²) in [6, 6.07) is 6.32. The lowest BCUT2D eigenvalue weighted by molar-refractivity contribution is -0.116. The maximum absolute atomic E-state index is 13.3. The second-order valence-corrected chi connectivity index (χ2v) is 8.69. The highest BCUT2D eigenvalue weighted by molar-refractivity contribution is 7.99. The van der Waals surface area contributed by atoms with Crippen LogP contribution < -0.4 is 9.64 Å². The van der Waals surface area contributed by atoms with Crippen LogP contribution >= 0.6 is 11.8 Å². The minimum atomic E-state index is -0.412. The van der Waals surface area contributed by atoms with E-state index in [1.54, 1.807) is 0 Å². The van der Waals surface area contributed by atoms with Crippen molar-refractivity contribution in [2.75, 3.05) is 17.3 Å². The molecule has 0 radical (unpaired) electrons. The maximum Gasteiger partial charge on any atom is 0.238 e. The summed E-state index contributed by atoms with van der Waals surface area (Å²) in [6.07, 6.45) is 4.35. The highest BCUT2D eigenvalue weighted by Crippen LogP contribution is 2.41. The van der Waals surface area contributed by atoms with Crippen molar-refractivity contribution in [1.82, 2.24) is 20.2 Å². The summed E-state index contributed by atoms with van der Waals surface area (Å²) < 4.78 is 7.49. The summed E-state index contributed by atoms with van der Waals surface area (Å²) in [5.41, 5.74) is 2.69. The zero-order chi connectivity index (χ0) is 19.9. The lowest BCUT2D eigenvalue weighted by Gasteiger charge is -2.41. The molecule has 0 spiro atoms. The number of anilines is 1. The molecule has 28 heavy (non-hydrogen) atoms. The molecule has 1 saturated carbocycles. The molecule has 0 atom stereocenters. The first-order valence-corrected chi connectivity index (χ1v) is 10.6. The Kier molecular flexibility index (Phi) is 4.91. The number of rotatable bonds is 6. The SMILES string of the molecule is CCOc1ccc2c(c1)C(C)=CC(C)(C)N2C(=O)CSc1nnnn1C1CC1. The van der Waals surface area contributed by atoms with Gasteiger partial charge in [-0.3, -0.25) is 4.79 Å².